The highest BCUT2D eigenvalue weighted by Crippen LogP contribution is 2.21. The minimum absolute atomic E-state index is 0. The summed E-state index contributed by atoms with van der Waals surface area (Å²) in [6.45, 7) is 9.70. The van der Waals surface area contributed by atoms with Gasteiger partial charge in [0.1, 0.15) is 0 Å². The second-order valence-electron chi connectivity index (χ2n) is 6.31. The van der Waals surface area contributed by atoms with E-state index in [1.807, 2.05) is 7.05 Å². The van der Waals surface area contributed by atoms with Crippen LogP contribution >= 0.6 is 24.0 Å². The van der Waals surface area contributed by atoms with Crippen LogP contribution < -0.4 is 10.6 Å². The molecule has 142 valence electrons. The van der Waals surface area contributed by atoms with Gasteiger partial charge in [-0.05, 0) is 18.9 Å². The first kappa shape index (κ1) is 22.2. The molecule has 0 amide bonds. The molecule has 0 bridgehead atoms. The molecule has 1 aliphatic heterocycles. The number of benzene rings is 1. The third kappa shape index (κ3) is 7.50. The molecule has 0 aromatic heterocycles. The molecule has 2 rings (SSSR count). The fourth-order valence-corrected chi connectivity index (χ4v) is 2.93. The largest absolute Gasteiger partial charge is 0.379 e. The Balaban J connectivity index is 0.00000312. The summed E-state index contributed by atoms with van der Waals surface area (Å²) in [7, 11) is 1.83. The van der Waals surface area contributed by atoms with E-state index in [1.165, 1.54) is 17.5 Å². The molecule has 1 aliphatic rings. The monoisotopic (exact) mass is 460 g/mol. The van der Waals surface area contributed by atoms with Gasteiger partial charge in [0.15, 0.2) is 5.96 Å². The van der Waals surface area contributed by atoms with E-state index >= 15 is 0 Å². The van der Waals surface area contributed by atoms with Gasteiger partial charge in [-0.3, -0.25) is 9.89 Å². The van der Waals surface area contributed by atoms with Crippen molar-refractivity contribution in [1.29, 1.82) is 0 Å². The van der Waals surface area contributed by atoms with E-state index in [4.69, 9.17) is 4.74 Å². The summed E-state index contributed by atoms with van der Waals surface area (Å²) in [5.41, 5.74) is 2.64. The first-order valence-corrected chi connectivity index (χ1v) is 9.07. The Morgan fingerprint density at radius 3 is 2.48 bits per heavy atom. The van der Waals surface area contributed by atoms with Crippen molar-refractivity contribution in [1.82, 2.24) is 15.5 Å². The quantitative estimate of drug-likeness (QED) is 0.284. The smallest absolute Gasteiger partial charge is 0.191 e. The lowest BCUT2D eigenvalue weighted by Crippen LogP contribution is -2.46. The van der Waals surface area contributed by atoms with Crippen LogP contribution in [0.25, 0.3) is 0 Å². The van der Waals surface area contributed by atoms with Crippen molar-refractivity contribution in [2.45, 2.75) is 32.7 Å². The average Bonchev–Trinajstić information content (AvgIpc) is 2.63. The Morgan fingerprint density at radius 2 is 1.88 bits per heavy atom. The molecule has 0 saturated carbocycles. The predicted molar refractivity (Wildman–Crippen MR) is 116 cm³/mol. The summed E-state index contributed by atoms with van der Waals surface area (Å²) < 4.78 is 5.52. The summed E-state index contributed by atoms with van der Waals surface area (Å²) in [4.78, 5) is 6.84. The number of nitrogens with one attached hydrogen (secondary N) is 2. The van der Waals surface area contributed by atoms with Crippen LogP contribution in [0.15, 0.2) is 29.3 Å². The summed E-state index contributed by atoms with van der Waals surface area (Å²) in [5, 5.41) is 6.88. The van der Waals surface area contributed by atoms with Gasteiger partial charge in [-0.2, -0.15) is 0 Å². The third-order valence-corrected chi connectivity index (χ3v) is 4.46. The molecule has 1 fully saturated rings. The average molecular weight is 460 g/mol. The number of ether oxygens (including phenoxy) is 1. The number of hydrogen-bond donors (Lipinski definition) is 2. The standard InChI is InChI=1S/C19H32N4O.HI/c1-4-5-10-21-19(20-3)22-15-18(23-11-13-24-14-12-23)17-8-6-16(2)7-9-17;/h6-9,18H,4-5,10-15H2,1-3H3,(H2,20,21,22);1H. The van der Waals surface area contributed by atoms with E-state index in [2.05, 4.69) is 58.6 Å². The number of aryl methyl sites for hydroxylation is 1. The Bertz CT molecular complexity index is 501. The molecule has 25 heavy (non-hydrogen) atoms. The number of hydrogen-bond acceptors (Lipinski definition) is 3. The van der Waals surface area contributed by atoms with Crippen molar-refractivity contribution in [2.24, 2.45) is 4.99 Å². The van der Waals surface area contributed by atoms with Crippen LogP contribution in [-0.4, -0.2) is 57.3 Å². The van der Waals surface area contributed by atoms with Crippen molar-refractivity contribution < 1.29 is 4.74 Å². The molecule has 1 heterocycles. The molecule has 1 aromatic rings. The van der Waals surface area contributed by atoms with Gasteiger partial charge in [-0.25, -0.2) is 0 Å². The first-order valence-electron chi connectivity index (χ1n) is 9.07. The van der Waals surface area contributed by atoms with Gasteiger partial charge in [0.2, 0.25) is 0 Å². The van der Waals surface area contributed by atoms with Gasteiger partial charge in [0, 0.05) is 33.2 Å². The molecule has 6 heteroatoms. The minimum atomic E-state index is 0. The van der Waals surface area contributed by atoms with Crippen molar-refractivity contribution in [3.8, 4) is 0 Å². The van der Waals surface area contributed by atoms with Crippen molar-refractivity contribution >= 4 is 29.9 Å². The molecule has 0 aliphatic carbocycles. The van der Waals surface area contributed by atoms with E-state index in [-0.39, 0.29) is 24.0 Å². The third-order valence-electron chi connectivity index (χ3n) is 4.46. The Morgan fingerprint density at radius 1 is 1.20 bits per heavy atom. The van der Waals surface area contributed by atoms with E-state index in [1.54, 1.807) is 0 Å². The summed E-state index contributed by atoms with van der Waals surface area (Å²) in [6, 6.07) is 9.20. The van der Waals surface area contributed by atoms with Gasteiger partial charge in [0.05, 0.1) is 19.3 Å². The molecule has 0 spiro atoms. The maximum atomic E-state index is 5.52. The number of guanidine groups is 1. The Labute approximate surface area is 169 Å². The predicted octanol–water partition coefficient (Wildman–Crippen LogP) is 2.95. The van der Waals surface area contributed by atoms with Crippen molar-refractivity contribution in [3.05, 3.63) is 35.4 Å². The van der Waals surface area contributed by atoms with Gasteiger partial charge in [-0.15, -0.1) is 24.0 Å². The fraction of sp³-hybridized carbons (Fsp3) is 0.632. The number of unbranched alkanes of at least 4 members (excludes halogenated alkanes) is 1. The summed E-state index contributed by atoms with van der Waals surface area (Å²) >= 11 is 0. The number of morpholine rings is 1. The lowest BCUT2D eigenvalue weighted by Gasteiger charge is -2.35. The van der Waals surface area contributed by atoms with E-state index < -0.39 is 0 Å². The molecule has 5 nitrogen and oxygen atoms in total. The zero-order valence-corrected chi connectivity index (χ0v) is 18.1. The molecule has 1 aromatic carbocycles. The van der Waals surface area contributed by atoms with Crippen LogP contribution in [-0.2, 0) is 4.74 Å². The van der Waals surface area contributed by atoms with Gasteiger partial charge in [-0.1, -0.05) is 43.2 Å². The minimum Gasteiger partial charge on any atom is -0.379 e. The molecule has 1 saturated heterocycles. The summed E-state index contributed by atoms with van der Waals surface area (Å²) in [5.74, 6) is 0.883. The zero-order chi connectivity index (χ0) is 17.2. The van der Waals surface area contributed by atoms with Crippen LogP contribution in [0.1, 0.15) is 36.9 Å². The molecular formula is C19H33IN4O. The molecule has 1 unspecified atom stereocenters. The van der Waals surface area contributed by atoms with Gasteiger partial charge < -0.3 is 15.4 Å². The molecule has 0 radical (unpaired) electrons. The zero-order valence-electron chi connectivity index (χ0n) is 15.8. The van der Waals surface area contributed by atoms with Crippen LogP contribution in [0.4, 0.5) is 0 Å². The highest BCUT2D eigenvalue weighted by molar-refractivity contribution is 14.0. The highest BCUT2D eigenvalue weighted by Gasteiger charge is 2.22. The highest BCUT2D eigenvalue weighted by atomic mass is 127. The molecule has 1 atom stereocenters. The van der Waals surface area contributed by atoms with E-state index in [9.17, 15) is 0 Å². The van der Waals surface area contributed by atoms with Crippen LogP contribution in [0.2, 0.25) is 0 Å². The lowest BCUT2D eigenvalue weighted by molar-refractivity contribution is 0.0170. The number of nitrogens with zero attached hydrogens (tertiary/aromatic N) is 2. The van der Waals surface area contributed by atoms with Gasteiger partial charge >= 0.3 is 0 Å². The Kier molecular flexibility index (Phi) is 11.1. The number of rotatable bonds is 7. The van der Waals surface area contributed by atoms with Gasteiger partial charge in [0.25, 0.3) is 0 Å². The topological polar surface area (TPSA) is 48.9 Å². The van der Waals surface area contributed by atoms with E-state index in [0.29, 0.717) is 6.04 Å². The van der Waals surface area contributed by atoms with E-state index in [0.717, 1.165) is 51.8 Å². The molecule has 2 N–H and O–H groups in total. The fourth-order valence-electron chi connectivity index (χ4n) is 2.93. The first-order chi connectivity index (χ1) is 11.7. The number of aliphatic imine (C=N–C) groups is 1. The maximum absolute atomic E-state index is 5.52. The van der Waals surface area contributed by atoms with Crippen LogP contribution in [0.5, 0.6) is 0 Å². The van der Waals surface area contributed by atoms with Crippen LogP contribution in [0, 0.1) is 6.92 Å². The Hall–Kier alpha value is -0.860. The molecular weight excluding hydrogens is 427 g/mol. The second kappa shape index (κ2) is 12.5. The second-order valence-corrected chi connectivity index (χ2v) is 6.31. The lowest BCUT2D eigenvalue weighted by atomic mass is 10.0. The van der Waals surface area contributed by atoms with Crippen LogP contribution in [0.3, 0.4) is 0 Å². The normalized spacial score (nSPS) is 16.8. The van der Waals surface area contributed by atoms with Crippen molar-refractivity contribution in [2.75, 3.05) is 46.4 Å². The SMILES string of the molecule is CCCCNC(=NC)NCC(c1ccc(C)cc1)N1CCOCC1.I. The maximum Gasteiger partial charge on any atom is 0.191 e. The number of halogens is 1. The summed E-state index contributed by atoms with van der Waals surface area (Å²) in [6.07, 6.45) is 2.34. The van der Waals surface area contributed by atoms with Crippen molar-refractivity contribution in [3.63, 3.8) is 0 Å².